The zero-order chi connectivity index (χ0) is 19.2. The largest absolute Gasteiger partial charge is 0.381 e. The quantitative estimate of drug-likeness (QED) is 0.811. The number of carbonyl (C=O) groups is 1. The zero-order valence-corrected chi connectivity index (χ0v) is 16.5. The van der Waals surface area contributed by atoms with Crippen molar-refractivity contribution in [2.75, 3.05) is 36.4 Å². The average Bonchev–Trinajstić information content (AvgIpc) is 3.03. The first kappa shape index (κ1) is 18.8. The lowest BCUT2D eigenvalue weighted by Crippen LogP contribution is -2.48. The maximum Gasteiger partial charge on any atom is 0.255 e. The number of nitrogens with zero attached hydrogens (tertiary/aromatic N) is 3. The third kappa shape index (κ3) is 4.64. The minimum absolute atomic E-state index is 0.0877. The fraction of sp³-hybridized carbons (Fsp3) is 0.478. The van der Waals surface area contributed by atoms with Gasteiger partial charge in [-0.3, -0.25) is 9.78 Å². The van der Waals surface area contributed by atoms with Crippen molar-refractivity contribution in [1.29, 1.82) is 0 Å². The smallest absolute Gasteiger partial charge is 0.255 e. The summed E-state index contributed by atoms with van der Waals surface area (Å²) >= 11 is 0. The molecule has 0 radical (unpaired) electrons. The van der Waals surface area contributed by atoms with E-state index in [9.17, 15) is 4.79 Å². The van der Waals surface area contributed by atoms with Crippen molar-refractivity contribution in [3.63, 3.8) is 0 Å². The number of amides is 1. The summed E-state index contributed by atoms with van der Waals surface area (Å²) in [7, 11) is 0. The fourth-order valence-corrected chi connectivity index (χ4v) is 4.28. The van der Waals surface area contributed by atoms with Crippen LogP contribution in [0.3, 0.4) is 0 Å². The molecule has 28 heavy (non-hydrogen) atoms. The van der Waals surface area contributed by atoms with Crippen molar-refractivity contribution < 1.29 is 4.79 Å². The van der Waals surface area contributed by atoms with E-state index in [-0.39, 0.29) is 5.91 Å². The number of rotatable bonds is 4. The first-order valence-corrected chi connectivity index (χ1v) is 10.6. The molecule has 0 unspecified atom stereocenters. The van der Waals surface area contributed by atoms with Crippen LogP contribution in [0, 0.1) is 0 Å². The average molecular weight is 379 g/mol. The predicted molar refractivity (Wildman–Crippen MR) is 114 cm³/mol. The monoisotopic (exact) mass is 378 g/mol. The lowest BCUT2D eigenvalue weighted by Gasteiger charge is -2.36. The molecule has 2 aromatic rings. The van der Waals surface area contributed by atoms with E-state index in [1.807, 2.05) is 23.2 Å². The molecular weight excluding hydrogens is 348 g/mol. The maximum absolute atomic E-state index is 13.0. The second kappa shape index (κ2) is 9.09. The normalized spacial score (nSPS) is 18.6. The molecule has 1 aromatic carbocycles. The Hall–Kier alpha value is -2.56. The Labute approximate surface area is 167 Å². The third-order valence-electron chi connectivity index (χ3n) is 5.90. The molecule has 1 amide bonds. The molecule has 2 aliphatic rings. The van der Waals surface area contributed by atoms with Crippen molar-refractivity contribution in [3.8, 4) is 0 Å². The first-order valence-electron chi connectivity index (χ1n) is 10.6. The van der Waals surface area contributed by atoms with Crippen molar-refractivity contribution in [3.05, 3.63) is 54.4 Å². The standard InChI is InChI=1S/C23H30N4O/c28-23(27-14-12-26(13-15-27)22-10-6-3-7-11-22)19-16-21(18-24-17-19)25-20-8-4-1-2-5-9-20/h3,6-7,10-11,16-18,20,25H,1-2,4-5,8-9,12-15H2. The SMILES string of the molecule is O=C(c1cncc(NC2CCCCCC2)c1)N1CCN(c2ccccc2)CC1. The zero-order valence-electron chi connectivity index (χ0n) is 16.5. The summed E-state index contributed by atoms with van der Waals surface area (Å²) in [5, 5.41) is 3.61. The molecule has 2 heterocycles. The molecule has 4 rings (SSSR count). The molecule has 1 saturated carbocycles. The van der Waals surface area contributed by atoms with Crippen LogP contribution >= 0.6 is 0 Å². The lowest BCUT2D eigenvalue weighted by atomic mass is 10.1. The molecule has 1 aromatic heterocycles. The van der Waals surface area contributed by atoms with Gasteiger partial charge in [-0.2, -0.15) is 0 Å². The van der Waals surface area contributed by atoms with Gasteiger partial charge >= 0.3 is 0 Å². The molecule has 0 atom stereocenters. The van der Waals surface area contributed by atoms with Crippen molar-refractivity contribution >= 4 is 17.3 Å². The van der Waals surface area contributed by atoms with Crippen LogP contribution in [-0.2, 0) is 0 Å². The molecule has 1 aliphatic heterocycles. The number of pyridine rings is 1. The number of aromatic nitrogens is 1. The summed E-state index contributed by atoms with van der Waals surface area (Å²) in [6.45, 7) is 3.22. The van der Waals surface area contributed by atoms with E-state index in [1.165, 1.54) is 44.2 Å². The van der Waals surface area contributed by atoms with Crippen LogP contribution in [0.2, 0.25) is 0 Å². The topological polar surface area (TPSA) is 48.5 Å². The number of para-hydroxylation sites is 1. The van der Waals surface area contributed by atoms with Crippen LogP contribution in [-0.4, -0.2) is 48.0 Å². The number of hydrogen-bond donors (Lipinski definition) is 1. The Kier molecular flexibility index (Phi) is 6.10. The van der Waals surface area contributed by atoms with Crippen LogP contribution in [0.1, 0.15) is 48.9 Å². The van der Waals surface area contributed by atoms with Gasteiger partial charge in [-0.25, -0.2) is 0 Å². The Morgan fingerprint density at radius 1 is 0.929 bits per heavy atom. The van der Waals surface area contributed by atoms with E-state index in [0.717, 1.165) is 31.9 Å². The second-order valence-electron chi connectivity index (χ2n) is 7.91. The highest BCUT2D eigenvalue weighted by molar-refractivity contribution is 5.95. The third-order valence-corrected chi connectivity index (χ3v) is 5.90. The predicted octanol–water partition coefficient (Wildman–Crippen LogP) is 4.18. The highest BCUT2D eigenvalue weighted by Gasteiger charge is 2.23. The molecule has 1 saturated heterocycles. The Morgan fingerprint density at radius 3 is 2.36 bits per heavy atom. The summed E-state index contributed by atoms with van der Waals surface area (Å²) in [6, 6.07) is 12.9. The van der Waals surface area contributed by atoms with Gasteiger partial charge in [0, 0.05) is 50.3 Å². The van der Waals surface area contributed by atoms with Crippen LogP contribution in [0.15, 0.2) is 48.8 Å². The first-order chi connectivity index (χ1) is 13.8. The minimum Gasteiger partial charge on any atom is -0.381 e. The van der Waals surface area contributed by atoms with Gasteiger partial charge in [-0.1, -0.05) is 43.9 Å². The van der Waals surface area contributed by atoms with E-state index >= 15 is 0 Å². The summed E-state index contributed by atoms with van der Waals surface area (Å²) < 4.78 is 0. The molecule has 0 bridgehead atoms. The number of nitrogens with one attached hydrogen (secondary N) is 1. The van der Waals surface area contributed by atoms with Gasteiger partial charge in [-0.15, -0.1) is 0 Å². The van der Waals surface area contributed by atoms with E-state index in [1.54, 1.807) is 6.20 Å². The number of piperazine rings is 1. The number of carbonyl (C=O) groups excluding carboxylic acids is 1. The molecule has 2 fully saturated rings. The maximum atomic E-state index is 13.0. The van der Waals surface area contributed by atoms with Gasteiger partial charge in [-0.05, 0) is 31.0 Å². The molecule has 1 N–H and O–H groups in total. The van der Waals surface area contributed by atoms with Crippen LogP contribution in [0.4, 0.5) is 11.4 Å². The number of hydrogen-bond acceptors (Lipinski definition) is 4. The van der Waals surface area contributed by atoms with Crippen molar-refractivity contribution in [2.24, 2.45) is 0 Å². The van der Waals surface area contributed by atoms with Gasteiger partial charge < -0.3 is 15.1 Å². The van der Waals surface area contributed by atoms with Gasteiger partial charge in [0.1, 0.15) is 0 Å². The van der Waals surface area contributed by atoms with Gasteiger partial charge in [0.2, 0.25) is 0 Å². The van der Waals surface area contributed by atoms with Crippen LogP contribution in [0.5, 0.6) is 0 Å². The molecular formula is C23H30N4O. The summed E-state index contributed by atoms with van der Waals surface area (Å²) in [4.78, 5) is 21.6. The van der Waals surface area contributed by atoms with Gasteiger partial charge in [0.05, 0.1) is 11.3 Å². The van der Waals surface area contributed by atoms with Crippen LogP contribution < -0.4 is 10.2 Å². The summed E-state index contributed by atoms with van der Waals surface area (Å²) in [5.41, 5.74) is 2.89. The lowest BCUT2D eigenvalue weighted by molar-refractivity contribution is 0.0746. The fourth-order valence-electron chi connectivity index (χ4n) is 4.28. The molecule has 0 spiro atoms. The Morgan fingerprint density at radius 2 is 1.64 bits per heavy atom. The minimum atomic E-state index is 0.0877. The van der Waals surface area contributed by atoms with E-state index in [4.69, 9.17) is 0 Å². The number of benzene rings is 1. The van der Waals surface area contributed by atoms with Crippen molar-refractivity contribution in [1.82, 2.24) is 9.88 Å². The highest BCUT2D eigenvalue weighted by Crippen LogP contribution is 2.22. The van der Waals surface area contributed by atoms with Crippen molar-refractivity contribution in [2.45, 2.75) is 44.6 Å². The Bertz CT molecular complexity index is 763. The number of anilines is 2. The van der Waals surface area contributed by atoms with E-state index in [2.05, 4.69) is 39.5 Å². The molecule has 5 heteroatoms. The second-order valence-corrected chi connectivity index (χ2v) is 7.91. The molecule has 1 aliphatic carbocycles. The highest BCUT2D eigenvalue weighted by atomic mass is 16.2. The molecule has 148 valence electrons. The summed E-state index contributed by atoms with van der Waals surface area (Å²) in [6.07, 6.45) is 11.2. The van der Waals surface area contributed by atoms with E-state index < -0.39 is 0 Å². The molecule has 5 nitrogen and oxygen atoms in total. The van der Waals surface area contributed by atoms with Gasteiger partial charge in [0.15, 0.2) is 0 Å². The Balaban J connectivity index is 1.36. The summed E-state index contributed by atoms with van der Waals surface area (Å²) in [5.74, 6) is 0.0877. The van der Waals surface area contributed by atoms with Crippen LogP contribution in [0.25, 0.3) is 0 Å². The van der Waals surface area contributed by atoms with Gasteiger partial charge in [0.25, 0.3) is 5.91 Å². The van der Waals surface area contributed by atoms with E-state index in [0.29, 0.717) is 11.6 Å².